The Labute approximate surface area is 151 Å². The Bertz CT molecular complexity index is 691. The maximum absolute atomic E-state index is 12.2. The Morgan fingerprint density at radius 3 is 2.54 bits per heavy atom. The van der Waals surface area contributed by atoms with E-state index in [2.05, 4.69) is 25.5 Å². The van der Waals surface area contributed by atoms with Gasteiger partial charge >= 0.3 is 0 Å². The molecule has 24 heavy (non-hydrogen) atoms. The number of amides is 1. The van der Waals surface area contributed by atoms with E-state index < -0.39 is 0 Å². The molecule has 8 heteroatoms. The Morgan fingerprint density at radius 2 is 1.92 bits per heavy atom. The largest absolute Gasteiger partial charge is 0.354 e. The van der Waals surface area contributed by atoms with E-state index in [1.807, 2.05) is 14.1 Å². The maximum atomic E-state index is 12.2. The molecule has 0 aliphatic rings. The van der Waals surface area contributed by atoms with Crippen molar-refractivity contribution in [3.63, 3.8) is 0 Å². The van der Waals surface area contributed by atoms with Crippen LogP contribution in [0.15, 0.2) is 30.6 Å². The predicted molar refractivity (Wildman–Crippen MR) is 98.1 cm³/mol. The van der Waals surface area contributed by atoms with E-state index >= 15 is 0 Å². The first-order chi connectivity index (χ1) is 11.5. The average Bonchev–Trinajstić information content (AvgIpc) is 2.54. The van der Waals surface area contributed by atoms with E-state index in [0.717, 1.165) is 19.5 Å². The smallest absolute Gasteiger partial charge is 0.258 e. The van der Waals surface area contributed by atoms with Gasteiger partial charge in [0.15, 0.2) is 0 Å². The Morgan fingerprint density at radius 1 is 1.21 bits per heavy atom. The highest BCUT2D eigenvalue weighted by Gasteiger charge is 2.10. The molecule has 0 saturated carbocycles. The highest BCUT2D eigenvalue weighted by atomic mass is 35.5. The number of halogens is 2. The van der Waals surface area contributed by atoms with Crippen LogP contribution in [0, 0.1) is 0 Å². The van der Waals surface area contributed by atoms with Crippen LogP contribution in [0.5, 0.6) is 0 Å². The number of hydrogen-bond acceptors (Lipinski definition) is 5. The summed E-state index contributed by atoms with van der Waals surface area (Å²) < 4.78 is 0. The van der Waals surface area contributed by atoms with E-state index in [4.69, 9.17) is 23.2 Å². The van der Waals surface area contributed by atoms with Crippen LogP contribution >= 0.6 is 23.2 Å². The van der Waals surface area contributed by atoms with Gasteiger partial charge in [-0.05, 0) is 45.3 Å². The molecule has 0 bridgehead atoms. The molecule has 0 aliphatic heterocycles. The van der Waals surface area contributed by atoms with Gasteiger partial charge in [-0.15, -0.1) is 0 Å². The minimum atomic E-state index is -0.335. The van der Waals surface area contributed by atoms with Crippen molar-refractivity contribution in [3.05, 3.63) is 46.2 Å². The van der Waals surface area contributed by atoms with E-state index in [9.17, 15) is 4.79 Å². The number of hydrogen-bond donors (Lipinski definition) is 2. The number of rotatable bonds is 7. The number of benzene rings is 1. The van der Waals surface area contributed by atoms with Crippen LogP contribution in [0.4, 0.5) is 11.6 Å². The molecule has 2 rings (SSSR count). The molecular weight excluding hydrogens is 349 g/mol. The summed E-state index contributed by atoms with van der Waals surface area (Å²) >= 11 is 11.9. The standard InChI is InChI=1S/C16H19Cl2N5O/c1-23(2)7-3-6-19-16-20-9-11(10-21-16)15(24)22-14-5-4-12(17)8-13(14)18/h4-5,8-10H,3,6-7H2,1-2H3,(H,22,24)(H,19,20,21). The number of carbonyl (C=O) groups excluding carboxylic acids is 1. The highest BCUT2D eigenvalue weighted by Crippen LogP contribution is 2.25. The van der Waals surface area contributed by atoms with Gasteiger partial charge in [-0.3, -0.25) is 4.79 Å². The maximum Gasteiger partial charge on any atom is 0.258 e. The van der Waals surface area contributed by atoms with Crippen molar-refractivity contribution < 1.29 is 4.79 Å². The van der Waals surface area contributed by atoms with Gasteiger partial charge in [0, 0.05) is 24.0 Å². The fraction of sp³-hybridized carbons (Fsp3) is 0.312. The summed E-state index contributed by atoms with van der Waals surface area (Å²) in [6, 6.07) is 4.86. The first-order valence-electron chi connectivity index (χ1n) is 7.43. The molecule has 1 heterocycles. The fourth-order valence-corrected chi connectivity index (χ4v) is 2.37. The number of anilines is 2. The second-order valence-electron chi connectivity index (χ2n) is 5.46. The van der Waals surface area contributed by atoms with E-state index in [-0.39, 0.29) is 5.91 Å². The van der Waals surface area contributed by atoms with Gasteiger partial charge in [-0.1, -0.05) is 23.2 Å². The zero-order chi connectivity index (χ0) is 17.5. The van der Waals surface area contributed by atoms with Gasteiger partial charge in [0.25, 0.3) is 5.91 Å². The molecule has 0 aliphatic carbocycles. The van der Waals surface area contributed by atoms with Gasteiger partial charge in [-0.25, -0.2) is 9.97 Å². The lowest BCUT2D eigenvalue weighted by molar-refractivity contribution is 0.102. The number of nitrogens with one attached hydrogen (secondary N) is 2. The Balaban J connectivity index is 1.91. The Hall–Kier alpha value is -1.89. The molecule has 0 atom stereocenters. The van der Waals surface area contributed by atoms with Crippen molar-refractivity contribution in [2.45, 2.75) is 6.42 Å². The SMILES string of the molecule is CN(C)CCCNc1ncc(C(=O)Nc2ccc(Cl)cc2Cl)cn1. The molecule has 0 saturated heterocycles. The van der Waals surface area contributed by atoms with Crippen molar-refractivity contribution in [2.75, 3.05) is 37.8 Å². The van der Waals surface area contributed by atoms with Gasteiger partial charge in [-0.2, -0.15) is 0 Å². The Kier molecular flexibility index (Phi) is 6.78. The average molecular weight is 368 g/mol. The summed E-state index contributed by atoms with van der Waals surface area (Å²) in [5.41, 5.74) is 0.830. The van der Waals surface area contributed by atoms with E-state index in [1.54, 1.807) is 18.2 Å². The second-order valence-corrected chi connectivity index (χ2v) is 6.30. The number of carbonyl (C=O) groups is 1. The highest BCUT2D eigenvalue weighted by molar-refractivity contribution is 6.36. The zero-order valence-corrected chi connectivity index (χ0v) is 15.0. The first kappa shape index (κ1) is 18.4. The van der Waals surface area contributed by atoms with Crippen LogP contribution in [0.2, 0.25) is 10.0 Å². The number of nitrogens with zero attached hydrogens (tertiary/aromatic N) is 3. The third kappa shape index (κ3) is 5.63. The molecule has 0 spiro atoms. The molecule has 128 valence electrons. The van der Waals surface area contributed by atoms with E-state index in [0.29, 0.717) is 27.2 Å². The summed E-state index contributed by atoms with van der Waals surface area (Å²) in [5.74, 6) is 0.160. The van der Waals surface area contributed by atoms with Gasteiger partial charge in [0.05, 0.1) is 16.3 Å². The minimum absolute atomic E-state index is 0.335. The first-order valence-corrected chi connectivity index (χ1v) is 8.18. The zero-order valence-electron chi connectivity index (χ0n) is 13.5. The van der Waals surface area contributed by atoms with Crippen LogP contribution in [-0.4, -0.2) is 48.0 Å². The monoisotopic (exact) mass is 367 g/mol. The molecule has 1 aromatic heterocycles. The van der Waals surface area contributed by atoms with Gasteiger partial charge in [0.2, 0.25) is 5.95 Å². The normalized spacial score (nSPS) is 10.7. The fourth-order valence-electron chi connectivity index (χ4n) is 1.92. The third-order valence-electron chi connectivity index (χ3n) is 3.16. The lowest BCUT2D eigenvalue weighted by Crippen LogP contribution is -2.17. The van der Waals surface area contributed by atoms with Gasteiger partial charge in [0.1, 0.15) is 0 Å². The van der Waals surface area contributed by atoms with Crippen LogP contribution in [-0.2, 0) is 0 Å². The van der Waals surface area contributed by atoms with Crippen molar-refractivity contribution in [1.29, 1.82) is 0 Å². The minimum Gasteiger partial charge on any atom is -0.354 e. The molecule has 6 nitrogen and oxygen atoms in total. The molecule has 0 radical (unpaired) electrons. The topological polar surface area (TPSA) is 70.2 Å². The molecule has 1 amide bonds. The lowest BCUT2D eigenvalue weighted by Gasteiger charge is -2.10. The quantitative estimate of drug-likeness (QED) is 0.733. The predicted octanol–water partition coefficient (Wildman–Crippen LogP) is 3.40. The van der Waals surface area contributed by atoms with Crippen molar-refractivity contribution in [2.24, 2.45) is 0 Å². The second kappa shape index (κ2) is 8.82. The summed E-state index contributed by atoms with van der Waals surface area (Å²) in [5, 5.41) is 6.69. The number of aromatic nitrogens is 2. The molecule has 2 aromatic rings. The van der Waals surface area contributed by atoms with Gasteiger partial charge < -0.3 is 15.5 Å². The van der Waals surface area contributed by atoms with Crippen LogP contribution in [0.3, 0.4) is 0 Å². The van der Waals surface area contributed by atoms with Crippen LogP contribution in [0.25, 0.3) is 0 Å². The lowest BCUT2D eigenvalue weighted by atomic mass is 10.2. The molecular formula is C16H19Cl2N5O. The molecule has 2 N–H and O–H groups in total. The summed E-state index contributed by atoms with van der Waals surface area (Å²) in [6.45, 7) is 1.75. The molecule has 0 unspecified atom stereocenters. The summed E-state index contributed by atoms with van der Waals surface area (Å²) in [7, 11) is 4.05. The van der Waals surface area contributed by atoms with E-state index in [1.165, 1.54) is 12.4 Å². The van der Waals surface area contributed by atoms with Crippen LogP contribution in [0.1, 0.15) is 16.8 Å². The molecule has 1 aromatic carbocycles. The summed E-state index contributed by atoms with van der Waals surface area (Å²) in [6.07, 6.45) is 3.93. The van der Waals surface area contributed by atoms with Crippen molar-refractivity contribution >= 4 is 40.7 Å². The van der Waals surface area contributed by atoms with Crippen molar-refractivity contribution in [3.8, 4) is 0 Å². The molecule has 0 fully saturated rings. The third-order valence-corrected chi connectivity index (χ3v) is 3.71. The summed E-state index contributed by atoms with van der Waals surface area (Å²) in [4.78, 5) is 22.6. The van der Waals surface area contributed by atoms with Crippen molar-refractivity contribution in [1.82, 2.24) is 14.9 Å². The van der Waals surface area contributed by atoms with Crippen LogP contribution < -0.4 is 10.6 Å².